The minimum Gasteiger partial charge on any atom is -0.449 e. The van der Waals surface area contributed by atoms with Crippen LogP contribution in [0.3, 0.4) is 0 Å². The number of carbonyl (C=O) groups excluding carboxylic acids is 2. The Morgan fingerprint density at radius 2 is 1.71 bits per heavy atom. The molecule has 2 rings (SSSR count). The third-order valence-corrected chi connectivity index (χ3v) is 3.80. The van der Waals surface area contributed by atoms with Crippen molar-refractivity contribution in [1.82, 2.24) is 0 Å². The van der Waals surface area contributed by atoms with Crippen LogP contribution < -0.4 is 11.1 Å². The number of rotatable bonds is 4. The second-order valence-corrected chi connectivity index (χ2v) is 6.21. The highest BCUT2D eigenvalue weighted by Crippen LogP contribution is 2.23. The van der Waals surface area contributed by atoms with Crippen molar-refractivity contribution in [3.05, 3.63) is 57.0 Å². The molecule has 0 saturated heterocycles. The van der Waals surface area contributed by atoms with E-state index >= 15 is 0 Å². The molecule has 2 aromatic carbocycles. The second kappa shape index (κ2) is 7.75. The molecule has 0 aliphatic carbocycles. The Morgan fingerprint density at radius 1 is 1.08 bits per heavy atom. The van der Waals surface area contributed by atoms with E-state index in [4.69, 9.17) is 45.3 Å². The van der Waals surface area contributed by atoms with Gasteiger partial charge in [0.2, 0.25) is 0 Å². The van der Waals surface area contributed by atoms with Gasteiger partial charge in [-0.25, -0.2) is 4.79 Å². The molecule has 126 valence electrons. The molecule has 0 fully saturated rings. The summed E-state index contributed by atoms with van der Waals surface area (Å²) in [5.41, 5.74) is 6.48. The summed E-state index contributed by atoms with van der Waals surface area (Å²) < 4.78 is 5.11. The predicted octanol–water partition coefficient (Wildman–Crippen LogP) is 4.41. The number of nitrogens with two attached hydrogens (primary N) is 1. The highest BCUT2D eigenvalue weighted by Gasteiger charge is 2.19. The zero-order valence-corrected chi connectivity index (χ0v) is 14.7. The fourth-order valence-electron chi connectivity index (χ4n) is 1.82. The topological polar surface area (TPSA) is 81.4 Å². The van der Waals surface area contributed by atoms with E-state index in [2.05, 4.69) is 5.32 Å². The van der Waals surface area contributed by atoms with Crippen molar-refractivity contribution >= 4 is 58.1 Å². The Morgan fingerprint density at radius 3 is 2.29 bits per heavy atom. The first-order chi connectivity index (χ1) is 11.3. The molecule has 0 aromatic heterocycles. The van der Waals surface area contributed by atoms with Gasteiger partial charge in [0.1, 0.15) is 0 Å². The first kappa shape index (κ1) is 18.4. The summed E-state index contributed by atoms with van der Waals surface area (Å²) in [6, 6.07) is 8.91. The number of halogens is 3. The molecule has 0 unspecified atom stereocenters. The van der Waals surface area contributed by atoms with Gasteiger partial charge in [0, 0.05) is 15.7 Å². The number of nitrogens with one attached hydrogen (secondary N) is 1. The summed E-state index contributed by atoms with van der Waals surface area (Å²) >= 11 is 17.5. The van der Waals surface area contributed by atoms with E-state index in [0.29, 0.717) is 20.8 Å². The normalized spacial score (nSPS) is 11.7. The van der Waals surface area contributed by atoms with Crippen LogP contribution in [0.4, 0.5) is 11.4 Å². The molecule has 0 bridgehead atoms. The molecule has 0 heterocycles. The van der Waals surface area contributed by atoms with Crippen molar-refractivity contribution in [3.63, 3.8) is 0 Å². The summed E-state index contributed by atoms with van der Waals surface area (Å²) in [5, 5.41) is 3.65. The first-order valence-electron chi connectivity index (χ1n) is 6.79. The maximum absolute atomic E-state index is 12.1. The highest BCUT2D eigenvalue weighted by molar-refractivity contribution is 6.35. The summed E-state index contributed by atoms with van der Waals surface area (Å²) in [4.78, 5) is 24.1. The van der Waals surface area contributed by atoms with E-state index in [1.165, 1.54) is 43.3 Å². The van der Waals surface area contributed by atoms with Crippen LogP contribution in [0.2, 0.25) is 15.1 Å². The number of hydrogen-bond acceptors (Lipinski definition) is 4. The van der Waals surface area contributed by atoms with Crippen LogP contribution in [0.25, 0.3) is 0 Å². The number of esters is 1. The fraction of sp³-hybridized carbons (Fsp3) is 0.125. The lowest BCUT2D eigenvalue weighted by atomic mass is 10.2. The maximum atomic E-state index is 12.1. The molecule has 8 heteroatoms. The molecular weight excluding hydrogens is 375 g/mol. The van der Waals surface area contributed by atoms with Gasteiger partial charge in [-0.1, -0.05) is 34.8 Å². The zero-order chi connectivity index (χ0) is 17.9. The first-order valence-corrected chi connectivity index (χ1v) is 7.92. The van der Waals surface area contributed by atoms with Crippen molar-refractivity contribution in [1.29, 1.82) is 0 Å². The molecule has 0 aliphatic rings. The third kappa shape index (κ3) is 4.77. The lowest BCUT2D eigenvalue weighted by Crippen LogP contribution is -2.30. The van der Waals surface area contributed by atoms with E-state index in [1.807, 2.05) is 0 Å². The van der Waals surface area contributed by atoms with Gasteiger partial charge in [-0.2, -0.15) is 0 Å². The molecule has 5 nitrogen and oxygen atoms in total. The van der Waals surface area contributed by atoms with Crippen LogP contribution in [-0.4, -0.2) is 18.0 Å². The van der Waals surface area contributed by atoms with Crippen LogP contribution in [0, 0.1) is 0 Å². The average Bonchev–Trinajstić information content (AvgIpc) is 2.48. The molecule has 0 aliphatic heterocycles. The van der Waals surface area contributed by atoms with E-state index in [9.17, 15) is 9.59 Å². The van der Waals surface area contributed by atoms with E-state index in [1.54, 1.807) is 0 Å². The predicted molar refractivity (Wildman–Crippen MR) is 95.8 cm³/mol. The van der Waals surface area contributed by atoms with Gasteiger partial charge >= 0.3 is 5.97 Å². The summed E-state index contributed by atoms with van der Waals surface area (Å²) in [6.07, 6.45) is -1.04. The molecular formula is C16H13Cl3N2O3. The van der Waals surface area contributed by atoms with Crippen LogP contribution >= 0.6 is 34.8 Å². The van der Waals surface area contributed by atoms with Gasteiger partial charge in [-0.3, -0.25) is 4.79 Å². The Bertz CT molecular complexity index is 776. The zero-order valence-electron chi connectivity index (χ0n) is 12.5. The van der Waals surface area contributed by atoms with Gasteiger partial charge in [0.15, 0.2) is 6.10 Å². The molecule has 3 N–H and O–H groups in total. The van der Waals surface area contributed by atoms with Gasteiger partial charge in [-0.05, 0) is 43.3 Å². The molecule has 24 heavy (non-hydrogen) atoms. The lowest BCUT2D eigenvalue weighted by molar-refractivity contribution is -0.123. The van der Waals surface area contributed by atoms with Crippen LogP contribution in [0.15, 0.2) is 36.4 Å². The van der Waals surface area contributed by atoms with E-state index in [0.717, 1.165) is 0 Å². The number of hydrogen-bond donors (Lipinski definition) is 2. The van der Waals surface area contributed by atoms with E-state index in [-0.39, 0.29) is 11.3 Å². The molecule has 2 aromatic rings. The number of benzene rings is 2. The number of amides is 1. The molecule has 0 saturated carbocycles. The monoisotopic (exact) mass is 386 g/mol. The van der Waals surface area contributed by atoms with Crippen molar-refractivity contribution in [2.75, 3.05) is 11.1 Å². The SMILES string of the molecule is C[C@@H](OC(=O)c1ccc(Cl)c(N)c1)C(=O)Nc1cc(Cl)cc(Cl)c1. The summed E-state index contributed by atoms with van der Waals surface area (Å²) in [5.74, 6) is -1.21. The van der Waals surface area contributed by atoms with Crippen LogP contribution in [-0.2, 0) is 9.53 Å². The third-order valence-electron chi connectivity index (χ3n) is 3.01. The largest absolute Gasteiger partial charge is 0.449 e. The fourth-order valence-corrected chi connectivity index (χ4v) is 2.47. The minimum absolute atomic E-state index is 0.197. The Labute approximate surface area is 153 Å². The second-order valence-electron chi connectivity index (χ2n) is 4.93. The number of anilines is 2. The Balaban J connectivity index is 2.02. The number of ether oxygens (including phenoxy) is 1. The van der Waals surface area contributed by atoms with Crippen LogP contribution in [0.5, 0.6) is 0 Å². The average molecular weight is 388 g/mol. The molecule has 0 spiro atoms. The highest BCUT2D eigenvalue weighted by atomic mass is 35.5. The molecule has 1 atom stereocenters. The number of carbonyl (C=O) groups is 2. The quantitative estimate of drug-likeness (QED) is 0.601. The Kier molecular flexibility index (Phi) is 5.94. The lowest BCUT2D eigenvalue weighted by Gasteiger charge is -2.14. The van der Waals surface area contributed by atoms with Crippen molar-refractivity contribution in [2.45, 2.75) is 13.0 Å². The smallest absolute Gasteiger partial charge is 0.338 e. The van der Waals surface area contributed by atoms with Crippen LogP contribution in [0.1, 0.15) is 17.3 Å². The van der Waals surface area contributed by atoms with Crippen molar-refractivity contribution in [3.8, 4) is 0 Å². The standard InChI is InChI=1S/C16H13Cl3N2O3/c1-8(15(22)21-12-6-10(17)5-11(18)7-12)24-16(23)9-2-3-13(19)14(20)4-9/h2-8H,20H2,1H3,(H,21,22)/t8-/m1/s1. The maximum Gasteiger partial charge on any atom is 0.338 e. The van der Waals surface area contributed by atoms with Crippen molar-refractivity contribution in [2.24, 2.45) is 0 Å². The van der Waals surface area contributed by atoms with Gasteiger partial charge < -0.3 is 15.8 Å². The minimum atomic E-state index is -1.04. The van der Waals surface area contributed by atoms with Gasteiger partial charge in [0.05, 0.1) is 16.3 Å². The summed E-state index contributed by atoms with van der Waals surface area (Å²) in [7, 11) is 0. The number of nitrogen functional groups attached to an aromatic ring is 1. The van der Waals surface area contributed by atoms with E-state index < -0.39 is 18.0 Å². The van der Waals surface area contributed by atoms with Gasteiger partial charge in [0.25, 0.3) is 5.91 Å². The summed E-state index contributed by atoms with van der Waals surface area (Å²) in [6.45, 7) is 1.44. The molecule has 0 radical (unpaired) electrons. The molecule has 1 amide bonds. The van der Waals surface area contributed by atoms with Crippen molar-refractivity contribution < 1.29 is 14.3 Å². The van der Waals surface area contributed by atoms with Gasteiger partial charge in [-0.15, -0.1) is 0 Å². The Hall–Kier alpha value is -1.95.